The van der Waals surface area contributed by atoms with Crippen molar-refractivity contribution in [1.29, 1.82) is 0 Å². The van der Waals surface area contributed by atoms with Crippen LogP contribution in [0.1, 0.15) is 101 Å². The Morgan fingerprint density at radius 1 is 0.419 bits per heavy atom. The van der Waals surface area contributed by atoms with E-state index in [1.165, 1.54) is 144 Å². The van der Waals surface area contributed by atoms with Crippen molar-refractivity contribution in [3.63, 3.8) is 0 Å². The summed E-state index contributed by atoms with van der Waals surface area (Å²) in [5.74, 6) is 0. The highest BCUT2D eigenvalue weighted by Gasteiger charge is 2.38. The standard InChI is InChI=1S/C60H58N2/c1-59(2)53-20-9-7-18-45(53)47-26-22-40(35-55(47)59)39-16-15-17-41(34-39)57-49-28-24-44(62-32-13-6-14-33-62)38-52(49)58(50-29-25-43(37-51(50)57)61-30-11-5-12-31-61)42-23-27-48-46-19-8-10-21-54(46)60(3,4)56(48)36-42/h8-10,15-17,19-29,34-38H,5-7,11-14,18,30-33H2,1-4H3. The number of piperidine rings is 2. The summed E-state index contributed by atoms with van der Waals surface area (Å²) in [5, 5.41) is 5.37. The first-order chi connectivity index (χ1) is 30.3. The quantitative estimate of drug-likeness (QED) is 0.160. The van der Waals surface area contributed by atoms with Gasteiger partial charge in [-0.15, -0.1) is 0 Å². The van der Waals surface area contributed by atoms with Gasteiger partial charge in [0.2, 0.25) is 0 Å². The van der Waals surface area contributed by atoms with Gasteiger partial charge in [0.15, 0.2) is 0 Å². The summed E-state index contributed by atoms with van der Waals surface area (Å²) in [6.07, 6.45) is 14.7. The second-order valence-electron chi connectivity index (χ2n) is 20.0. The number of anilines is 2. The van der Waals surface area contributed by atoms with Gasteiger partial charge in [-0.3, -0.25) is 0 Å². The zero-order chi connectivity index (χ0) is 41.7. The summed E-state index contributed by atoms with van der Waals surface area (Å²) >= 11 is 0. The molecule has 0 amide bonds. The lowest BCUT2D eigenvalue weighted by Gasteiger charge is -2.30. The second kappa shape index (κ2) is 14.3. The van der Waals surface area contributed by atoms with Crippen molar-refractivity contribution in [3.05, 3.63) is 161 Å². The summed E-state index contributed by atoms with van der Waals surface area (Å²) in [7, 11) is 0. The van der Waals surface area contributed by atoms with Crippen molar-refractivity contribution in [2.75, 3.05) is 36.0 Å². The fourth-order valence-electron chi connectivity index (χ4n) is 12.4. The molecule has 2 aliphatic heterocycles. The van der Waals surface area contributed by atoms with Gasteiger partial charge >= 0.3 is 0 Å². The van der Waals surface area contributed by atoms with Crippen molar-refractivity contribution in [3.8, 4) is 44.5 Å². The maximum Gasteiger partial charge on any atom is 0.0372 e. The number of allylic oxidation sites excluding steroid dienone is 4. The molecule has 2 heteroatoms. The van der Waals surface area contributed by atoms with E-state index in [0.717, 1.165) is 39.0 Å². The number of rotatable bonds is 5. The number of hydrogen-bond acceptors (Lipinski definition) is 2. The molecule has 62 heavy (non-hydrogen) atoms. The van der Waals surface area contributed by atoms with E-state index in [9.17, 15) is 0 Å². The topological polar surface area (TPSA) is 6.48 Å². The van der Waals surface area contributed by atoms with Crippen molar-refractivity contribution in [2.45, 2.75) is 89.9 Å². The van der Waals surface area contributed by atoms with E-state index >= 15 is 0 Å². The van der Waals surface area contributed by atoms with Crippen LogP contribution < -0.4 is 9.80 Å². The van der Waals surface area contributed by atoms with Gasteiger partial charge in [0.05, 0.1) is 0 Å². The second-order valence-corrected chi connectivity index (χ2v) is 20.0. The molecular weight excluding hydrogens is 749 g/mol. The summed E-state index contributed by atoms with van der Waals surface area (Å²) in [6.45, 7) is 14.2. The number of benzene rings is 7. The molecule has 2 fully saturated rings. The summed E-state index contributed by atoms with van der Waals surface area (Å²) < 4.78 is 0. The lowest BCUT2D eigenvalue weighted by molar-refractivity contribution is 0.578. The van der Waals surface area contributed by atoms with Crippen LogP contribution in [0, 0.1) is 0 Å². The molecule has 2 saturated heterocycles. The van der Waals surface area contributed by atoms with Gasteiger partial charge < -0.3 is 9.80 Å². The molecule has 0 unspecified atom stereocenters. The predicted octanol–water partition coefficient (Wildman–Crippen LogP) is 15.7. The first kappa shape index (κ1) is 37.9. The lowest BCUT2D eigenvalue weighted by Crippen LogP contribution is -2.29. The first-order valence-electron chi connectivity index (χ1n) is 23.7. The molecule has 3 aliphatic carbocycles. The molecule has 2 heterocycles. The average molecular weight is 807 g/mol. The largest absolute Gasteiger partial charge is 0.372 e. The third kappa shape index (κ3) is 5.82. The minimum Gasteiger partial charge on any atom is -0.372 e. The number of fused-ring (bicyclic) bond motifs is 7. The normalized spacial score (nSPS) is 18.6. The predicted molar refractivity (Wildman–Crippen MR) is 266 cm³/mol. The van der Waals surface area contributed by atoms with Crippen LogP contribution in [-0.2, 0) is 10.8 Å². The van der Waals surface area contributed by atoms with Crippen LogP contribution in [0.4, 0.5) is 11.4 Å². The number of nitrogens with zero attached hydrogens (tertiary/aromatic N) is 2. The fraction of sp³-hybridized carbons (Fsp3) is 0.300. The Bertz CT molecular complexity index is 3030. The van der Waals surface area contributed by atoms with E-state index in [0.29, 0.717) is 0 Å². The molecule has 308 valence electrons. The molecule has 0 bridgehead atoms. The Morgan fingerprint density at radius 2 is 0.968 bits per heavy atom. The molecule has 0 radical (unpaired) electrons. The Kier molecular flexibility index (Phi) is 8.76. The van der Waals surface area contributed by atoms with E-state index in [-0.39, 0.29) is 10.8 Å². The zero-order valence-corrected chi connectivity index (χ0v) is 37.1. The SMILES string of the molecule is CC1(C)C2=C(CCC=C2)c2ccc(-c3cccc(-c4c5ccc(N6CCCCC6)cc5c(-c5ccc6c(c5)C(C)(C)c5ccccc5-6)c5ccc(N6CCCCC6)cc45)c3)cc21. The van der Waals surface area contributed by atoms with Crippen molar-refractivity contribution >= 4 is 38.5 Å². The van der Waals surface area contributed by atoms with Crippen LogP contribution in [0.5, 0.6) is 0 Å². The van der Waals surface area contributed by atoms with Gasteiger partial charge in [-0.2, -0.15) is 0 Å². The monoisotopic (exact) mass is 806 g/mol. The minimum atomic E-state index is -0.0762. The highest BCUT2D eigenvalue weighted by Crippen LogP contribution is 2.53. The van der Waals surface area contributed by atoms with Crippen LogP contribution in [-0.4, -0.2) is 26.2 Å². The molecule has 0 spiro atoms. The maximum absolute atomic E-state index is 2.64. The van der Waals surface area contributed by atoms with Crippen LogP contribution in [0.15, 0.2) is 139 Å². The molecule has 0 aromatic heterocycles. The van der Waals surface area contributed by atoms with Gasteiger partial charge in [-0.1, -0.05) is 119 Å². The van der Waals surface area contributed by atoms with Crippen molar-refractivity contribution in [2.24, 2.45) is 0 Å². The summed E-state index contributed by atoms with van der Waals surface area (Å²) in [5.41, 5.74) is 22.1. The van der Waals surface area contributed by atoms with E-state index in [2.05, 4.69) is 171 Å². The zero-order valence-electron chi connectivity index (χ0n) is 37.1. The molecular formula is C60H58N2. The molecule has 5 aliphatic rings. The lowest BCUT2D eigenvalue weighted by atomic mass is 9.79. The Hall–Kier alpha value is -5.86. The molecule has 0 saturated carbocycles. The molecule has 12 rings (SSSR count). The highest BCUT2D eigenvalue weighted by molar-refractivity contribution is 6.22. The van der Waals surface area contributed by atoms with E-state index < -0.39 is 0 Å². The van der Waals surface area contributed by atoms with E-state index in [4.69, 9.17) is 0 Å². The fourth-order valence-corrected chi connectivity index (χ4v) is 12.4. The van der Waals surface area contributed by atoms with Crippen LogP contribution in [0.3, 0.4) is 0 Å². The molecule has 0 N–H and O–H groups in total. The minimum absolute atomic E-state index is 0.00389. The van der Waals surface area contributed by atoms with Crippen molar-refractivity contribution in [1.82, 2.24) is 0 Å². The van der Waals surface area contributed by atoms with Crippen LogP contribution in [0.25, 0.3) is 71.6 Å². The van der Waals surface area contributed by atoms with Gasteiger partial charge in [-0.05, 0) is 193 Å². The summed E-state index contributed by atoms with van der Waals surface area (Å²) in [6, 6.07) is 48.2. The van der Waals surface area contributed by atoms with E-state index in [1.54, 1.807) is 5.57 Å². The average Bonchev–Trinajstić information content (AvgIpc) is 3.69. The van der Waals surface area contributed by atoms with Crippen LogP contribution in [0.2, 0.25) is 0 Å². The highest BCUT2D eigenvalue weighted by atomic mass is 15.1. The maximum atomic E-state index is 2.64. The third-order valence-electron chi connectivity index (χ3n) is 15.7. The van der Waals surface area contributed by atoms with E-state index in [1.807, 2.05) is 0 Å². The molecule has 2 nitrogen and oxygen atoms in total. The molecule has 7 aromatic rings. The summed E-state index contributed by atoms with van der Waals surface area (Å²) in [4.78, 5) is 5.27. The van der Waals surface area contributed by atoms with Crippen molar-refractivity contribution < 1.29 is 0 Å². The molecule has 7 aromatic carbocycles. The Balaban J connectivity index is 1.09. The van der Waals surface area contributed by atoms with Gasteiger partial charge in [0.25, 0.3) is 0 Å². The van der Waals surface area contributed by atoms with Gasteiger partial charge in [0, 0.05) is 48.4 Å². The van der Waals surface area contributed by atoms with Gasteiger partial charge in [0.1, 0.15) is 0 Å². The number of hydrogen-bond donors (Lipinski definition) is 0. The first-order valence-corrected chi connectivity index (χ1v) is 23.7. The third-order valence-corrected chi connectivity index (χ3v) is 15.7. The van der Waals surface area contributed by atoms with Crippen LogP contribution >= 0.6 is 0 Å². The Morgan fingerprint density at radius 3 is 1.66 bits per heavy atom. The van der Waals surface area contributed by atoms with Gasteiger partial charge in [-0.25, -0.2) is 0 Å². The smallest absolute Gasteiger partial charge is 0.0372 e. The molecule has 0 atom stereocenters. The Labute approximate surface area is 368 Å².